The number of ether oxygens (including phenoxy) is 2. The number of rotatable bonds is 8. The van der Waals surface area contributed by atoms with Gasteiger partial charge in [-0.05, 0) is 48.0 Å². The molecule has 0 aliphatic heterocycles. The third kappa shape index (κ3) is 5.80. The largest absolute Gasteiger partial charge is 0.493 e. The number of nitro benzene ring substituents is 2. The minimum absolute atomic E-state index is 0.134. The molecule has 3 rings (SSSR count). The highest BCUT2D eigenvalue weighted by molar-refractivity contribution is 6.30. The van der Waals surface area contributed by atoms with E-state index in [4.69, 9.17) is 21.1 Å². The molecule has 0 aliphatic carbocycles. The Balaban J connectivity index is 1.77. The van der Waals surface area contributed by atoms with Gasteiger partial charge < -0.3 is 9.47 Å². The van der Waals surface area contributed by atoms with Crippen LogP contribution in [0, 0.1) is 20.2 Å². The van der Waals surface area contributed by atoms with Crippen molar-refractivity contribution in [1.82, 2.24) is 5.43 Å². The van der Waals surface area contributed by atoms with E-state index in [0.717, 1.165) is 18.2 Å². The maximum Gasteiger partial charge on any atom is 0.318 e. The van der Waals surface area contributed by atoms with E-state index in [1.54, 1.807) is 24.3 Å². The van der Waals surface area contributed by atoms with Crippen molar-refractivity contribution in [3.8, 4) is 17.2 Å². The molecular formula is C21H15ClN4O7. The summed E-state index contributed by atoms with van der Waals surface area (Å²) in [6, 6.07) is 14.0. The lowest BCUT2D eigenvalue weighted by molar-refractivity contribution is -0.394. The van der Waals surface area contributed by atoms with Gasteiger partial charge in [-0.15, -0.1) is 0 Å². The van der Waals surface area contributed by atoms with Gasteiger partial charge in [0.15, 0.2) is 11.5 Å². The quantitative estimate of drug-likeness (QED) is 0.284. The molecule has 33 heavy (non-hydrogen) atoms. The van der Waals surface area contributed by atoms with Gasteiger partial charge >= 0.3 is 5.69 Å². The van der Waals surface area contributed by atoms with Crippen molar-refractivity contribution in [3.05, 3.63) is 97.0 Å². The zero-order valence-corrected chi connectivity index (χ0v) is 17.7. The average molecular weight is 471 g/mol. The van der Waals surface area contributed by atoms with Crippen molar-refractivity contribution in [1.29, 1.82) is 0 Å². The maximum atomic E-state index is 12.1. The van der Waals surface area contributed by atoms with Gasteiger partial charge in [0.1, 0.15) is 0 Å². The van der Waals surface area contributed by atoms with Gasteiger partial charge in [0.05, 0.1) is 29.2 Å². The monoisotopic (exact) mass is 470 g/mol. The molecule has 0 spiro atoms. The van der Waals surface area contributed by atoms with Crippen molar-refractivity contribution in [2.75, 3.05) is 7.11 Å². The Morgan fingerprint density at radius 1 is 1.00 bits per heavy atom. The summed E-state index contributed by atoms with van der Waals surface area (Å²) in [6.07, 6.45) is 1.36. The first kappa shape index (κ1) is 23.2. The highest BCUT2D eigenvalue weighted by atomic mass is 35.5. The zero-order valence-electron chi connectivity index (χ0n) is 16.9. The minimum Gasteiger partial charge on any atom is -0.493 e. The molecule has 12 heteroatoms. The lowest BCUT2D eigenvalue weighted by Gasteiger charge is -2.11. The van der Waals surface area contributed by atoms with Gasteiger partial charge in [-0.25, -0.2) is 5.43 Å². The number of hydrazone groups is 1. The predicted octanol–water partition coefficient (Wildman–Crippen LogP) is 4.72. The topological polar surface area (TPSA) is 146 Å². The Hall–Kier alpha value is -4.51. The Morgan fingerprint density at radius 2 is 1.76 bits per heavy atom. The van der Waals surface area contributed by atoms with Crippen molar-refractivity contribution < 1.29 is 24.1 Å². The number of nitro groups is 2. The van der Waals surface area contributed by atoms with Crippen LogP contribution >= 0.6 is 11.6 Å². The second-order valence-corrected chi connectivity index (χ2v) is 6.82. The van der Waals surface area contributed by atoms with Crippen LogP contribution in [0.4, 0.5) is 11.4 Å². The number of methoxy groups -OCH3 is 1. The van der Waals surface area contributed by atoms with Crippen molar-refractivity contribution in [2.24, 2.45) is 5.10 Å². The van der Waals surface area contributed by atoms with Gasteiger partial charge in [-0.2, -0.15) is 5.10 Å². The summed E-state index contributed by atoms with van der Waals surface area (Å²) in [5, 5.41) is 26.5. The van der Waals surface area contributed by atoms with Crippen LogP contribution in [0.15, 0.2) is 65.8 Å². The number of nitrogens with one attached hydrogen (secondary N) is 1. The zero-order chi connectivity index (χ0) is 24.0. The van der Waals surface area contributed by atoms with Crippen LogP contribution in [0.2, 0.25) is 5.02 Å². The molecule has 1 N–H and O–H groups in total. The average Bonchev–Trinajstić information content (AvgIpc) is 2.79. The third-order valence-corrected chi connectivity index (χ3v) is 4.46. The van der Waals surface area contributed by atoms with Crippen LogP contribution in [0.3, 0.4) is 0 Å². The second-order valence-electron chi connectivity index (χ2n) is 6.39. The Labute approximate surface area is 191 Å². The molecule has 0 heterocycles. The molecule has 0 bridgehead atoms. The molecule has 168 valence electrons. The number of hydrogen-bond acceptors (Lipinski definition) is 8. The molecule has 0 aliphatic rings. The van der Waals surface area contributed by atoms with Crippen LogP contribution in [0.1, 0.15) is 15.9 Å². The predicted molar refractivity (Wildman–Crippen MR) is 119 cm³/mol. The molecule has 1 amide bonds. The Bertz CT molecular complexity index is 1260. The van der Waals surface area contributed by atoms with Crippen molar-refractivity contribution in [3.63, 3.8) is 0 Å². The molecule has 0 saturated heterocycles. The van der Waals surface area contributed by atoms with E-state index < -0.39 is 27.1 Å². The number of amides is 1. The Kier molecular flexibility index (Phi) is 7.16. The van der Waals surface area contributed by atoms with Gasteiger partial charge in [0.25, 0.3) is 11.6 Å². The van der Waals surface area contributed by atoms with Gasteiger partial charge in [-0.1, -0.05) is 17.7 Å². The van der Waals surface area contributed by atoms with E-state index in [-0.39, 0.29) is 17.2 Å². The first-order chi connectivity index (χ1) is 15.8. The summed E-state index contributed by atoms with van der Waals surface area (Å²) in [5.41, 5.74) is 2.23. The second kappa shape index (κ2) is 10.2. The summed E-state index contributed by atoms with van der Waals surface area (Å²) in [7, 11) is 1.37. The van der Waals surface area contributed by atoms with Gasteiger partial charge in [0, 0.05) is 16.7 Å². The molecule has 11 nitrogen and oxygen atoms in total. The summed E-state index contributed by atoms with van der Waals surface area (Å²) in [4.78, 5) is 32.8. The van der Waals surface area contributed by atoms with Crippen molar-refractivity contribution in [2.45, 2.75) is 0 Å². The number of carbonyl (C=O) groups excluding carboxylic acids is 1. The molecule has 0 fully saturated rings. The fourth-order valence-corrected chi connectivity index (χ4v) is 2.87. The van der Waals surface area contributed by atoms with E-state index in [1.807, 2.05) is 0 Å². The number of non-ortho nitro benzene ring substituents is 1. The van der Waals surface area contributed by atoms with E-state index in [1.165, 1.54) is 31.5 Å². The summed E-state index contributed by atoms with van der Waals surface area (Å²) in [6.45, 7) is 0. The number of nitrogens with zero attached hydrogens (tertiary/aromatic N) is 3. The van der Waals surface area contributed by atoms with Crippen LogP contribution in [0.25, 0.3) is 0 Å². The first-order valence-electron chi connectivity index (χ1n) is 9.16. The van der Waals surface area contributed by atoms with Crippen LogP contribution in [-0.2, 0) is 0 Å². The molecule has 3 aromatic carbocycles. The number of carbonyl (C=O) groups is 1. The standard InChI is InChI=1S/C21H15ClN4O7/c1-32-20-9-13(12-23-24-21(27)14-3-2-4-15(22)10-14)5-7-19(20)33-18-8-6-16(25(28)29)11-17(18)26(30)31/h2-12H,1H3,(H,24,27)/b23-12-. The molecule has 0 unspecified atom stereocenters. The normalized spacial score (nSPS) is 10.6. The SMILES string of the molecule is COc1cc(/C=N\NC(=O)c2cccc(Cl)c2)ccc1Oc1ccc([N+](=O)[O-])cc1[N+](=O)[O-]. The molecule has 0 atom stereocenters. The van der Waals surface area contributed by atoms with E-state index >= 15 is 0 Å². The van der Waals surface area contributed by atoms with Crippen LogP contribution in [-0.4, -0.2) is 29.1 Å². The molecule has 0 radical (unpaired) electrons. The number of halogens is 1. The summed E-state index contributed by atoms with van der Waals surface area (Å²) in [5.74, 6) is -0.299. The molecule has 3 aromatic rings. The summed E-state index contributed by atoms with van der Waals surface area (Å²) < 4.78 is 10.8. The fourth-order valence-electron chi connectivity index (χ4n) is 2.68. The number of benzene rings is 3. The van der Waals surface area contributed by atoms with E-state index in [2.05, 4.69) is 10.5 Å². The maximum absolute atomic E-state index is 12.1. The number of hydrogen-bond donors (Lipinski definition) is 1. The van der Waals surface area contributed by atoms with E-state index in [0.29, 0.717) is 16.1 Å². The minimum atomic E-state index is -0.779. The Morgan fingerprint density at radius 3 is 2.42 bits per heavy atom. The lowest BCUT2D eigenvalue weighted by Crippen LogP contribution is -2.17. The first-order valence-corrected chi connectivity index (χ1v) is 9.54. The van der Waals surface area contributed by atoms with Crippen LogP contribution in [0.5, 0.6) is 17.2 Å². The highest BCUT2D eigenvalue weighted by Gasteiger charge is 2.22. The van der Waals surface area contributed by atoms with Crippen LogP contribution < -0.4 is 14.9 Å². The van der Waals surface area contributed by atoms with Gasteiger partial charge in [-0.3, -0.25) is 25.0 Å². The molecule has 0 saturated carbocycles. The lowest BCUT2D eigenvalue weighted by atomic mass is 10.2. The molecular weight excluding hydrogens is 456 g/mol. The summed E-state index contributed by atoms with van der Waals surface area (Å²) >= 11 is 5.86. The van der Waals surface area contributed by atoms with E-state index in [9.17, 15) is 25.0 Å². The highest BCUT2D eigenvalue weighted by Crippen LogP contribution is 2.38. The fraction of sp³-hybridized carbons (Fsp3) is 0.0476. The smallest absolute Gasteiger partial charge is 0.318 e. The van der Waals surface area contributed by atoms with Gasteiger partial charge in [0.2, 0.25) is 5.75 Å². The molecule has 0 aromatic heterocycles. The van der Waals surface area contributed by atoms with Crippen molar-refractivity contribution >= 4 is 35.1 Å². The third-order valence-electron chi connectivity index (χ3n) is 4.22.